The molecule has 1 saturated heterocycles. The summed E-state index contributed by atoms with van der Waals surface area (Å²) in [6.07, 6.45) is 14.7. The number of carbonyl (C=O) groups excluding carboxylic acids is 2. The van der Waals surface area contributed by atoms with E-state index in [2.05, 4.69) is 20.3 Å². The second kappa shape index (κ2) is 5.57. The van der Waals surface area contributed by atoms with Crippen molar-refractivity contribution in [3.63, 3.8) is 0 Å². The molecule has 26 heavy (non-hydrogen) atoms. The highest BCUT2D eigenvalue weighted by atomic mass is 16.2. The monoisotopic (exact) mass is 342 g/mol. The highest BCUT2D eigenvalue weighted by Gasteiger charge is 2.38. The Hall–Kier alpha value is -3.38. The van der Waals surface area contributed by atoms with E-state index in [9.17, 15) is 9.59 Å². The molecule has 4 aliphatic rings. The molecule has 4 aliphatic heterocycles. The van der Waals surface area contributed by atoms with Crippen LogP contribution < -0.4 is 16.0 Å². The van der Waals surface area contributed by atoms with Gasteiger partial charge in [0, 0.05) is 10.7 Å². The van der Waals surface area contributed by atoms with Crippen LogP contribution >= 0.6 is 0 Å². The van der Waals surface area contributed by atoms with Gasteiger partial charge in [0.15, 0.2) is 0 Å². The average molecular weight is 342 g/mol. The van der Waals surface area contributed by atoms with Crippen LogP contribution in [0, 0.1) is 0 Å². The van der Waals surface area contributed by atoms with Crippen molar-refractivity contribution in [2.45, 2.75) is 12.1 Å². The van der Waals surface area contributed by atoms with E-state index in [-0.39, 0.29) is 0 Å². The number of H-pyrrole nitrogens is 1. The van der Waals surface area contributed by atoms with Crippen LogP contribution in [-0.4, -0.2) is 40.1 Å². The molecule has 0 aliphatic carbocycles. The van der Waals surface area contributed by atoms with Crippen LogP contribution in [0.4, 0.5) is 0 Å². The number of rotatable bonds is 0. The Kier molecular flexibility index (Phi) is 3.20. The SMILES string of the molecule is O=C1C(=O)C2/C=C3/C=CC(=N3)/C=c3/cc/c([nH]3)=C/C3=NC(=C\C1N2)/C=C3. The number of aromatic nitrogens is 1. The molecular formula is C20H14N4O2. The van der Waals surface area contributed by atoms with Gasteiger partial charge >= 0.3 is 0 Å². The summed E-state index contributed by atoms with van der Waals surface area (Å²) in [4.78, 5) is 36.8. The van der Waals surface area contributed by atoms with Gasteiger partial charge in [0.1, 0.15) is 0 Å². The van der Waals surface area contributed by atoms with Crippen LogP contribution in [0.25, 0.3) is 12.2 Å². The Balaban J connectivity index is 1.67. The number of ketones is 2. The fourth-order valence-corrected chi connectivity index (χ4v) is 3.29. The maximum Gasteiger partial charge on any atom is 0.221 e. The standard InChI is InChI=1S/C20H14N4O2/c25-19-17-9-15-5-3-13(22-15)7-11-1-2-12(21-11)8-14-4-6-16(23-14)10-18(24-17)20(19)26/h1-10,17-18,21,24H/b11-7-,12-8-,15-9-,16-10-. The van der Waals surface area contributed by atoms with E-state index in [4.69, 9.17) is 0 Å². The van der Waals surface area contributed by atoms with Crippen molar-refractivity contribution in [3.05, 3.63) is 70.7 Å². The first-order valence-corrected chi connectivity index (χ1v) is 8.34. The zero-order chi connectivity index (χ0) is 17.7. The minimum atomic E-state index is -0.669. The number of carbonyl (C=O) groups is 2. The van der Waals surface area contributed by atoms with Crippen molar-refractivity contribution in [3.8, 4) is 0 Å². The molecule has 2 atom stereocenters. The molecule has 0 amide bonds. The third-order valence-electron chi connectivity index (χ3n) is 4.55. The number of hydrogen-bond acceptors (Lipinski definition) is 5. The fourth-order valence-electron chi connectivity index (χ4n) is 3.29. The third-order valence-corrected chi connectivity index (χ3v) is 4.55. The van der Waals surface area contributed by atoms with Crippen molar-refractivity contribution in [1.29, 1.82) is 0 Å². The third kappa shape index (κ3) is 2.57. The Labute approximate surface area is 148 Å². The van der Waals surface area contributed by atoms with Crippen molar-refractivity contribution >= 4 is 35.1 Å². The van der Waals surface area contributed by atoms with E-state index >= 15 is 0 Å². The summed E-state index contributed by atoms with van der Waals surface area (Å²) in [6, 6.07) is 2.61. The second-order valence-corrected chi connectivity index (χ2v) is 6.43. The van der Waals surface area contributed by atoms with Gasteiger partial charge < -0.3 is 4.98 Å². The molecule has 5 rings (SSSR count). The largest absolute Gasteiger partial charge is 0.355 e. The van der Waals surface area contributed by atoms with Crippen molar-refractivity contribution in [2.75, 3.05) is 0 Å². The summed E-state index contributed by atoms with van der Waals surface area (Å²) < 4.78 is 0. The molecule has 0 radical (unpaired) electrons. The second-order valence-electron chi connectivity index (χ2n) is 6.43. The smallest absolute Gasteiger partial charge is 0.221 e. The maximum atomic E-state index is 12.3. The van der Waals surface area contributed by atoms with Gasteiger partial charge in [0.25, 0.3) is 0 Å². The number of fused-ring (bicyclic) bond motifs is 6. The van der Waals surface area contributed by atoms with Crippen LogP contribution in [0.1, 0.15) is 0 Å². The maximum absolute atomic E-state index is 12.3. The molecule has 126 valence electrons. The molecule has 0 aromatic carbocycles. The van der Waals surface area contributed by atoms with Gasteiger partial charge in [0.05, 0.1) is 34.9 Å². The summed E-state index contributed by atoms with van der Waals surface area (Å²) in [5, 5.41) is 4.91. The lowest BCUT2D eigenvalue weighted by Crippen LogP contribution is -2.29. The molecule has 6 heteroatoms. The summed E-state index contributed by atoms with van der Waals surface area (Å²) in [5.41, 5.74) is 2.89. The van der Waals surface area contributed by atoms with Gasteiger partial charge in [-0.15, -0.1) is 0 Å². The van der Waals surface area contributed by atoms with Crippen molar-refractivity contribution < 1.29 is 9.59 Å². The molecule has 0 spiro atoms. The van der Waals surface area contributed by atoms with Crippen molar-refractivity contribution in [1.82, 2.24) is 10.3 Å². The van der Waals surface area contributed by atoms with Crippen LogP contribution in [0.3, 0.4) is 0 Å². The van der Waals surface area contributed by atoms with Gasteiger partial charge in [-0.05, 0) is 60.7 Å². The average Bonchev–Trinajstić information content (AvgIpc) is 3.38. The normalized spacial score (nSPS) is 32.8. The van der Waals surface area contributed by atoms with Gasteiger partial charge in [-0.2, -0.15) is 0 Å². The first-order chi connectivity index (χ1) is 12.6. The van der Waals surface area contributed by atoms with Crippen LogP contribution in [-0.2, 0) is 9.59 Å². The van der Waals surface area contributed by atoms with Crippen LogP contribution in [0.15, 0.2) is 70.0 Å². The molecule has 1 aromatic heterocycles. The molecule has 0 saturated carbocycles. The summed E-state index contributed by atoms with van der Waals surface area (Å²) in [6.45, 7) is 0. The number of allylic oxidation sites excluding steroid dienone is 4. The Morgan fingerprint density at radius 3 is 1.73 bits per heavy atom. The van der Waals surface area contributed by atoms with Gasteiger partial charge in [-0.1, -0.05) is 0 Å². The lowest BCUT2D eigenvalue weighted by molar-refractivity contribution is -0.134. The lowest BCUT2D eigenvalue weighted by Gasteiger charge is -2.05. The van der Waals surface area contributed by atoms with Crippen molar-refractivity contribution in [2.24, 2.45) is 9.98 Å². The molecular weight excluding hydrogens is 328 g/mol. The number of Topliss-reactive ketones (excluding diaryl/α,β-unsaturated/α-hetero) is 2. The highest BCUT2D eigenvalue weighted by Crippen LogP contribution is 2.17. The fraction of sp³-hybridized carbons (Fsp3) is 0.100. The zero-order valence-electron chi connectivity index (χ0n) is 13.6. The first kappa shape index (κ1) is 14.9. The Morgan fingerprint density at radius 1 is 0.731 bits per heavy atom. The van der Waals surface area contributed by atoms with Crippen LogP contribution in [0.2, 0.25) is 0 Å². The molecule has 1 fully saturated rings. The topological polar surface area (TPSA) is 86.7 Å². The summed E-state index contributed by atoms with van der Waals surface area (Å²) in [7, 11) is 0. The Morgan fingerprint density at radius 2 is 1.23 bits per heavy atom. The van der Waals surface area contributed by atoms with Gasteiger partial charge in [-0.3, -0.25) is 14.9 Å². The number of aliphatic imine (C=N–C) groups is 2. The number of hydrogen-bond donors (Lipinski definition) is 2. The molecule has 6 nitrogen and oxygen atoms in total. The molecule has 5 heterocycles. The predicted octanol–water partition coefficient (Wildman–Crippen LogP) is -0.143. The summed E-state index contributed by atoms with van der Waals surface area (Å²) in [5.74, 6) is -0.896. The Bertz CT molecular complexity index is 1070. The number of nitrogens with zero attached hydrogens (tertiary/aromatic N) is 2. The minimum absolute atomic E-state index is 0.448. The number of nitrogens with one attached hydrogen (secondary N) is 2. The van der Waals surface area contributed by atoms with E-state index < -0.39 is 23.7 Å². The zero-order valence-corrected chi connectivity index (χ0v) is 13.6. The van der Waals surface area contributed by atoms with E-state index in [1.54, 1.807) is 12.2 Å². The molecule has 2 unspecified atom stereocenters. The highest BCUT2D eigenvalue weighted by molar-refractivity contribution is 6.44. The van der Waals surface area contributed by atoms with Gasteiger partial charge in [-0.25, -0.2) is 9.98 Å². The first-order valence-electron chi connectivity index (χ1n) is 8.34. The number of aromatic amines is 1. The molecule has 8 bridgehead atoms. The lowest BCUT2D eigenvalue weighted by atomic mass is 10.1. The quantitative estimate of drug-likeness (QED) is 0.643. The van der Waals surface area contributed by atoms with Gasteiger partial charge in [0.2, 0.25) is 11.6 Å². The van der Waals surface area contributed by atoms with E-state index in [1.807, 2.05) is 48.6 Å². The molecule has 1 aromatic rings. The van der Waals surface area contributed by atoms with E-state index in [1.165, 1.54) is 0 Å². The van der Waals surface area contributed by atoms with Crippen LogP contribution in [0.5, 0.6) is 0 Å². The van der Waals surface area contributed by atoms with E-state index in [0.717, 1.165) is 22.1 Å². The minimum Gasteiger partial charge on any atom is -0.355 e. The van der Waals surface area contributed by atoms with E-state index in [0.29, 0.717) is 11.4 Å². The summed E-state index contributed by atoms with van der Waals surface area (Å²) >= 11 is 0. The molecule has 2 N–H and O–H groups in total. The predicted molar refractivity (Wildman–Crippen MR) is 99.0 cm³/mol.